The summed E-state index contributed by atoms with van der Waals surface area (Å²) in [6.07, 6.45) is 4.66. The van der Waals surface area contributed by atoms with Gasteiger partial charge in [0.1, 0.15) is 17.0 Å². The fraction of sp³-hybridized carbons (Fsp3) is 0.304. The number of aromatic nitrogens is 4. The lowest BCUT2D eigenvalue weighted by molar-refractivity contribution is 0.0538. The maximum absolute atomic E-state index is 14.7. The van der Waals surface area contributed by atoms with Crippen molar-refractivity contribution in [3.05, 3.63) is 66.0 Å². The van der Waals surface area contributed by atoms with Crippen LogP contribution in [0.5, 0.6) is 0 Å². The van der Waals surface area contributed by atoms with E-state index >= 15 is 0 Å². The van der Waals surface area contributed by atoms with E-state index in [-0.39, 0.29) is 35.1 Å². The van der Waals surface area contributed by atoms with Crippen LogP contribution < -0.4 is 5.32 Å². The number of anilines is 1. The number of hydrogen-bond donors (Lipinski definition) is 1. The second kappa shape index (κ2) is 8.61. The van der Waals surface area contributed by atoms with Gasteiger partial charge in [-0.25, -0.2) is 8.78 Å². The van der Waals surface area contributed by atoms with Gasteiger partial charge in [0.25, 0.3) is 11.9 Å². The van der Waals surface area contributed by atoms with Crippen LogP contribution in [-0.4, -0.2) is 49.9 Å². The summed E-state index contributed by atoms with van der Waals surface area (Å²) in [5.74, 6) is -1.08. The molecule has 5 rings (SSSR count). The number of carbonyl (C=O) groups is 1. The molecule has 2 aromatic carbocycles. The Hall–Kier alpha value is -3.82. The largest absolute Gasteiger partial charge is 0.423 e. The van der Waals surface area contributed by atoms with Gasteiger partial charge in [0, 0.05) is 19.2 Å². The summed E-state index contributed by atoms with van der Waals surface area (Å²) in [6.45, 7) is 3.00. The van der Waals surface area contributed by atoms with Crippen molar-refractivity contribution >= 4 is 23.0 Å². The number of nitrogens with one attached hydrogen (secondary N) is 1. The average molecular weight is 452 g/mol. The third-order valence-electron chi connectivity index (χ3n) is 6.03. The maximum atomic E-state index is 14.7. The van der Waals surface area contributed by atoms with Gasteiger partial charge in [0.2, 0.25) is 0 Å². The monoisotopic (exact) mass is 452 g/mol. The summed E-state index contributed by atoms with van der Waals surface area (Å²) >= 11 is 0. The van der Waals surface area contributed by atoms with Crippen LogP contribution in [0.3, 0.4) is 0 Å². The molecule has 1 aliphatic rings. The normalized spacial score (nSPS) is 18.6. The second-order valence-electron chi connectivity index (χ2n) is 8.15. The Bertz CT molecular complexity index is 1290. The van der Waals surface area contributed by atoms with E-state index in [2.05, 4.69) is 27.4 Å². The van der Waals surface area contributed by atoms with Crippen molar-refractivity contribution < 1.29 is 18.0 Å². The van der Waals surface area contributed by atoms with E-state index in [0.29, 0.717) is 24.2 Å². The zero-order valence-electron chi connectivity index (χ0n) is 17.9. The van der Waals surface area contributed by atoms with Crippen molar-refractivity contribution in [1.82, 2.24) is 24.9 Å². The molecule has 10 heteroatoms. The molecule has 0 radical (unpaired) electrons. The molecule has 170 valence electrons. The fourth-order valence-corrected chi connectivity index (χ4v) is 4.36. The Morgan fingerprint density at radius 2 is 2.03 bits per heavy atom. The Morgan fingerprint density at radius 1 is 1.21 bits per heavy atom. The first-order chi connectivity index (χ1) is 16.0. The summed E-state index contributed by atoms with van der Waals surface area (Å²) in [4.78, 5) is 20.8. The van der Waals surface area contributed by atoms with Crippen LogP contribution in [0.15, 0.2) is 53.2 Å². The Balaban J connectivity index is 1.41. The number of likely N-dealkylation sites (tertiary alicyclic amines) is 1. The van der Waals surface area contributed by atoms with Gasteiger partial charge in [-0.1, -0.05) is 13.0 Å². The number of nitrogens with zero attached hydrogens (tertiary/aromatic N) is 5. The van der Waals surface area contributed by atoms with Gasteiger partial charge in [-0.3, -0.25) is 4.79 Å². The number of fused-ring (bicyclic) bond motifs is 1. The molecule has 1 amide bonds. The molecule has 1 N–H and O–H groups in total. The van der Waals surface area contributed by atoms with Crippen LogP contribution in [0.1, 0.15) is 30.1 Å². The van der Waals surface area contributed by atoms with Crippen molar-refractivity contribution in [2.75, 3.05) is 18.4 Å². The molecule has 2 unspecified atom stereocenters. The molecular formula is C23H22F2N6O2. The van der Waals surface area contributed by atoms with Crippen molar-refractivity contribution in [3.63, 3.8) is 0 Å². The summed E-state index contributed by atoms with van der Waals surface area (Å²) in [6, 6.07) is 8.60. The van der Waals surface area contributed by atoms with Crippen LogP contribution in [-0.2, 0) is 0 Å². The minimum absolute atomic E-state index is 0.0263. The van der Waals surface area contributed by atoms with Crippen molar-refractivity contribution in [2.45, 2.75) is 25.8 Å². The first-order valence-corrected chi connectivity index (χ1v) is 10.8. The molecule has 2 aromatic heterocycles. The number of amides is 1. The summed E-state index contributed by atoms with van der Waals surface area (Å²) in [7, 11) is 0. The molecule has 8 nitrogen and oxygen atoms in total. The molecular weight excluding hydrogens is 430 g/mol. The number of carbonyl (C=O) groups excluding carboxylic acids is 1. The van der Waals surface area contributed by atoms with Gasteiger partial charge in [-0.15, -0.1) is 4.80 Å². The van der Waals surface area contributed by atoms with Crippen LogP contribution in [0.25, 0.3) is 16.8 Å². The molecule has 0 bridgehead atoms. The van der Waals surface area contributed by atoms with Gasteiger partial charge in [-0.2, -0.15) is 15.2 Å². The minimum atomic E-state index is -0.574. The number of piperidine rings is 1. The SMILES string of the molecule is CC1CCCN(C(=O)c2cccc(F)c2-n2nccn2)C1CNc1nc2ccc(F)cc2o1. The molecule has 4 aromatic rings. The number of halogens is 2. The first-order valence-electron chi connectivity index (χ1n) is 10.8. The highest BCUT2D eigenvalue weighted by atomic mass is 19.1. The Labute approximate surface area is 188 Å². The molecule has 1 aliphatic heterocycles. The molecule has 3 heterocycles. The second-order valence-corrected chi connectivity index (χ2v) is 8.15. The van der Waals surface area contributed by atoms with Crippen molar-refractivity contribution in [1.29, 1.82) is 0 Å². The number of rotatable bonds is 5. The molecule has 2 atom stereocenters. The lowest BCUT2D eigenvalue weighted by atomic mass is 9.90. The molecule has 1 fully saturated rings. The smallest absolute Gasteiger partial charge is 0.295 e. The van der Waals surface area contributed by atoms with Crippen LogP contribution >= 0.6 is 0 Å². The Morgan fingerprint density at radius 3 is 2.85 bits per heavy atom. The average Bonchev–Trinajstić information content (AvgIpc) is 3.47. The first kappa shape index (κ1) is 21.0. The molecule has 0 spiro atoms. The molecule has 1 saturated heterocycles. The van der Waals surface area contributed by atoms with Crippen LogP contribution in [0, 0.1) is 17.6 Å². The Kier molecular flexibility index (Phi) is 5.49. The summed E-state index contributed by atoms with van der Waals surface area (Å²) in [5.41, 5.74) is 1.11. The van der Waals surface area contributed by atoms with E-state index in [9.17, 15) is 13.6 Å². The lowest BCUT2D eigenvalue weighted by Gasteiger charge is -2.40. The number of para-hydroxylation sites is 1. The number of benzene rings is 2. The maximum Gasteiger partial charge on any atom is 0.295 e. The van der Waals surface area contributed by atoms with Gasteiger partial charge in [0.05, 0.1) is 24.0 Å². The minimum Gasteiger partial charge on any atom is -0.423 e. The lowest BCUT2D eigenvalue weighted by Crippen LogP contribution is -2.51. The van der Waals surface area contributed by atoms with E-state index in [0.717, 1.165) is 17.6 Å². The molecule has 0 saturated carbocycles. The highest BCUT2D eigenvalue weighted by molar-refractivity contribution is 5.98. The van der Waals surface area contributed by atoms with E-state index in [1.807, 2.05) is 0 Å². The summed E-state index contributed by atoms with van der Waals surface area (Å²) in [5, 5.41) is 11.2. The zero-order chi connectivity index (χ0) is 22.9. The van der Waals surface area contributed by atoms with Gasteiger partial charge < -0.3 is 14.6 Å². The van der Waals surface area contributed by atoms with E-state index in [4.69, 9.17) is 4.42 Å². The van der Waals surface area contributed by atoms with Crippen molar-refractivity contribution in [3.8, 4) is 5.69 Å². The fourth-order valence-electron chi connectivity index (χ4n) is 4.36. The summed E-state index contributed by atoms with van der Waals surface area (Å²) < 4.78 is 33.7. The molecule has 33 heavy (non-hydrogen) atoms. The predicted octanol–water partition coefficient (Wildman–Crippen LogP) is 4.04. The third-order valence-corrected chi connectivity index (χ3v) is 6.03. The van der Waals surface area contributed by atoms with Crippen LogP contribution in [0.4, 0.5) is 14.8 Å². The van der Waals surface area contributed by atoms with Gasteiger partial charge in [0.15, 0.2) is 11.4 Å². The van der Waals surface area contributed by atoms with Crippen LogP contribution in [0.2, 0.25) is 0 Å². The molecule has 0 aliphatic carbocycles. The third kappa shape index (κ3) is 4.04. The number of oxazole rings is 1. The highest BCUT2D eigenvalue weighted by Gasteiger charge is 2.34. The van der Waals surface area contributed by atoms with E-state index in [1.54, 1.807) is 17.0 Å². The quantitative estimate of drug-likeness (QED) is 0.492. The van der Waals surface area contributed by atoms with Gasteiger partial charge >= 0.3 is 0 Å². The van der Waals surface area contributed by atoms with E-state index < -0.39 is 11.6 Å². The number of hydrogen-bond acceptors (Lipinski definition) is 6. The standard InChI is InChI=1S/C23H22F2N6O2/c1-14-4-3-11-30(19(14)13-26-23-29-18-8-7-15(24)12-20(18)33-23)22(32)16-5-2-6-17(25)21(16)31-27-9-10-28-31/h2,5-10,12,14,19H,3-4,11,13H2,1H3,(H,26,29). The zero-order valence-corrected chi connectivity index (χ0v) is 17.9. The van der Waals surface area contributed by atoms with Crippen molar-refractivity contribution in [2.24, 2.45) is 5.92 Å². The van der Waals surface area contributed by atoms with E-state index in [1.165, 1.54) is 36.7 Å². The highest BCUT2D eigenvalue weighted by Crippen LogP contribution is 2.28. The topological polar surface area (TPSA) is 89.1 Å². The van der Waals surface area contributed by atoms with Gasteiger partial charge in [-0.05, 0) is 43.0 Å². The predicted molar refractivity (Wildman–Crippen MR) is 117 cm³/mol.